The summed E-state index contributed by atoms with van der Waals surface area (Å²) in [7, 11) is 3.48. The van der Waals surface area contributed by atoms with Crippen molar-refractivity contribution in [3.63, 3.8) is 0 Å². The third kappa shape index (κ3) is 3.64. The van der Waals surface area contributed by atoms with Crippen molar-refractivity contribution >= 4 is 16.7 Å². The Kier molecular flexibility index (Phi) is 5.86. The number of aryl methyl sites for hydroxylation is 5. The van der Waals surface area contributed by atoms with Crippen molar-refractivity contribution in [2.24, 2.45) is 0 Å². The standard InChI is InChI=1S/C25H32N4O2/c1-15-12-16(2)22(17(3)13-15)23-19(5)27-29-24(23)26-18(4)21-8-10-28(25(21)29)20(14-31-7)9-11-30-6/h8,10,12-13,20H,9,11,14H2,1-7H3/t20-/m1/s1. The van der Waals surface area contributed by atoms with E-state index in [2.05, 4.69) is 63.6 Å². The molecule has 31 heavy (non-hydrogen) atoms. The van der Waals surface area contributed by atoms with Gasteiger partial charge in [-0.2, -0.15) is 9.61 Å². The van der Waals surface area contributed by atoms with E-state index in [1.54, 1.807) is 14.2 Å². The van der Waals surface area contributed by atoms with Gasteiger partial charge in [-0.15, -0.1) is 0 Å². The van der Waals surface area contributed by atoms with Gasteiger partial charge < -0.3 is 14.0 Å². The number of fused-ring (bicyclic) bond motifs is 3. The summed E-state index contributed by atoms with van der Waals surface area (Å²) < 4.78 is 15.2. The highest BCUT2D eigenvalue weighted by atomic mass is 16.5. The van der Waals surface area contributed by atoms with Gasteiger partial charge >= 0.3 is 0 Å². The molecule has 0 unspecified atom stereocenters. The molecular weight excluding hydrogens is 388 g/mol. The van der Waals surface area contributed by atoms with Crippen LogP contribution in [0, 0.1) is 34.6 Å². The molecule has 6 heteroatoms. The van der Waals surface area contributed by atoms with Crippen LogP contribution in [-0.2, 0) is 9.47 Å². The van der Waals surface area contributed by atoms with E-state index in [-0.39, 0.29) is 6.04 Å². The first-order valence-corrected chi connectivity index (χ1v) is 10.8. The molecule has 0 amide bonds. The number of benzene rings is 1. The van der Waals surface area contributed by atoms with Crippen LogP contribution in [0.5, 0.6) is 0 Å². The highest BCUT2D eigenvalue weighted by molar-refractivity contribution is 5.89. The second-order valence-electron chi connectivity index (χ2n) is 8.52. The number of rotatable bonds is 7. The van der Waals surface area contributed by atoms with Crippen molar-refractivity contribution in [3.8, 4) is 11.1 Å². The first kappa shape index (κ1) is 21.5. The van der Waals surface area contributed by atoms with Gasteiger partial charge in [0.25, 0.3) is 0 Å². The van der Waals surface area contributed by atoms with Gasteiger partial charge in [-0.25, -0.2) is 4.98 Å². The van der Waals surface area contributed by atoms with Crippen LogP contribution in [0.25, 0.3) is 27.8 Å². The second-order valence-corrected chi connectivity index (χ2v) is 8.52. The molecular formula is C25H32N4O2. The van der Waals surface area contributed by atoms with E-state index < -0.39 is 0 Å². The smallest absolute Gasteiger partial charge is 0.165 e. The normalized spacial score (nSPS) is 12.9. The van der Waals surface area contributed by atoms with Gasteiger partial charge in [0, 0.05) is 32.4 Å². The van der Waals surface area contributed by atoms with Gasteiger partial charge in [0.05, 0.1) is 29.6 Å². The van der Waals surface area contributed by atoms with E-state index >= 15 is 0 Å². The number of methoxy groups -OCH3 is 2. The Morgan fingerprint density at radius 2 is 1.65 bits per heavy atom. The molecule has 0 bridgehead atoms. The summed E-state index contributed by atoms with van der Waals surface area (Å²) in [5.74, 6) is 0. The molecule has 0 spiro atoms. The van der Waals surface area contributed by atoms with Gasteiger partial charge in [-0.05, 0) is 63.8 Å². The van der Waals surface area contributed by atoms with E-state index in [4.69, 9.17) is 19.6 Å². The van der Waals surface area contributed by atoms with Crippen molar-refractivity contribution in [1.82, 2.24) is 19.2 Å². The number of hydrogen-bond donors (Lipinski definition) is 0. The third-order valence-electron chi connectivity index (χ3n) is 6.12. The van der Waals surface area contributed by atoms with E-state index in [0.29, 0.717) is 13.2 Å². The highest BCUT2D eigenvalue weighted by Gasteiger charge is 2.23. The molecule has 4 aromatic rings. The van der Waals surface area contributed by atoms with Crippen LogP contribution in [-0.4, -0.2) is 46.6 Å². The van der Waals surface area contributed by atoms with Gasteiger partial charge in [0.2, 0.25) is 0 Å². The molecule has 1 atom stereocenters. The number of aromatic nitrogens is 4. The Hall–Kier alpha value is -2.70. The largest absolute Gasteiger partial charge is 0.385 e. The average molecular weight is 421 g/mol. The highest BCUT2D eigenvalue weighted by Crippen LogP contribution is 2.36. The molecule has 0 aliphatic rings. The Morgan fingerprint density at radius 3 is 2.29 bits per heavy atom. The SMILES string of the molecule is COCC[C@H](COC)n1ccc2c(C)nc3c(-c4c(C)cc(C)cc4C)c(C)nn3c21. The lowest BCUT2D eigenvalue weighted by atomic mass is 9.94. The summed E-state index contributed by atoms with van der Waals surface area (Å²) in [6, 6.07) is 6.76. The molecule has 3 aromatic heterocycles. The summed E-state index contributed by atoms with van der Waals surface area (Å²) in [5, 5.41) is 6.09. The maximum Gasteiger partial charge on any atom is 0.165 e. The average Bonchev–Trinajstić information content (AvgIpc) is 3.27. The van der Waals surface area contributed by atoms with Crippen LogP contribution >= 0.6 is 0 Å². The molecule has 0 aliphatic carbocycles. The second kappa shape index (κ2) is 8.44. The zero-order valence-corrected chi connectivity index (χ0v) is 19.6. The van der Waals surface area contributed by atoms with Gasteiger partial charge in [-0.3, -0.25) is 0 Å². The summed E-state index contributed by atoms with van der Waals surface area (Å²) in [6.45, 7) is 11.9. The molecule has 0 saturated carbocycles. The van der Waals surface area contributed by atoms with Crippen LogP contribution in [0.1, 0.15) is 40.5 Å². The zero-order chi connectivity index (χ0) is 22.3. The molecule has 164 valence electrons. The van der Waals surface area contributed by atoms with Crippen LogP contribution in [0.4, 0.5) is 0 Å². The fourth-order valence-corrected chi connectivity index (χ4v) is 4.84. The van der Waals surface area contributed by atoms with Gasteiger partial charge in [-0.1, -0.05) is 17.7 Å². The van der Waals surface area contributed by atoms with Crippen molar-refractivity contribution in [1.29, 1.82) is 0 Å². The number of nitrogens with zero attached hydrogens (tertiary/aromatic N) is 4. The Balaban J connectivity index is 2.02. The van der Waals surface area contributed by atoms with Gasteiger partial charge in [0.15, 0.2) is 5.65 Å². The monoisotopic (exact) mass is 420 g/mol. The summed E-state index contributed by atoms with van der Waals surface area (Å²) >= 11 is 0. The van der Waals surface area contributed by atoms with Crippen molar-refractivity contribution in [3.05, 3.63) is 52.5 Å². The fourth-order valence-electron chi connectivity index (χ4n) is 4.84. The zero-order valence-electron chi connectivity index (χ0n) is 19.6. The van der Waals surface area contributed by atoms with Crippen LogP contribution < -0.4 is 0 Å². The van der Waals surface area contributed by atoms with Crippen molar-refractivity contribution in [2.75, 3.05) is 27.4 Å². The summed E-state index contributed by atoms with van der Waals surface area (Å²) in [4.78, 5) is 5.02. The Morgan fingerprint density at radius 1 is 0.935 bits per heavy atom. The first-order chi connectivity index (χ1) is 14.9. The lowest BCUT2D eigenvalue weighted by Crippen LogP contribution is -2.17. The summed E-state index contributed by atoms with van der Waals surface area (Å²) in [5.41, 5.74) is 10.1. The molecule has 3 heterocycles. The van der Waals surface area contributed by atoms with Gasteiger partial charge in [0.1, 0.15) is 5.65 Å². The minimum atomic E-state index is 0.156. The molecule has 4 rings (SSSR count). The first-order valence-electron chi connectivity index (χ1n) is 10.8. The number of ether oxygens (including phenoxy) is 2. The topological polar surface area (TPSA) is 53.6 Å². The van der Waals surface area contributed by atoms with E-state index in [1.165, 1.54) is 22.3 Å². The van der Waals surface area contributed by atoms with E-state index in [0.717, 1.165) is 40.1 Å². The van der Waals surface area contributed by atoms with Crippen LogP contribution in [0.3, 0.4) is 0 Å². The third-order valence-corrected chi connectivity index (χ3v) is 6.12. The molecule has 0 saturated heterocycles. The number of hydrogen-bond acceptors (Lipinski definition) is 4. The maximum absolute atomic E-state index is 5.54. The summed E-state index contributed by atoms with van der Waals surface area (Å²) in [6.07, 6.45) is 2.98. The van der Waals surface area contributed by atoms with E-state index in [1.807, 2.05) is 4.52 Å². The van der Waals surface area contributed by atoms with Crippen LogP contribution in [0.2, 0.25) is 0 Å². The molecule has 0 N–H and O–H groups in total. The molecule has 0 aliphatic heterocycles. The van der Waals surface area contributed by atoms with Crippen LogP contribution in [0.15, 0.2) is 24.4 Å². The minimum absolute atomic E-state index is 0.156. The maximum atomic E-state index is 5.54. The minimum Gasteiger partial charge on any atom is -0.385 e. The molecule has 0 radical (unpaired) electrons. The Bertz CT molecular complexity index is 1230. The van der Waals surface area contributed by atoms with E-state index in [9.17, 15) is 0 Å². The van der Waals surface area contributed by atoms with Crippen molar-refractivity contribution in [2.45, 2.75) is 47.1 Å². The quantitative estimate of drug-likeness (QED) is 0.417. The predicted molar refractivity (Wildman–Crippen MR) is 125 cm³/mol. The fraction of sp³-hybridized carbons (Fsp3) is 0.440. The lowest BCUT2D eigenvalue weighted by Gasteiger charge is -2.19. The van der Waals surface area contributed by atoms with Crippen molar-refractivity contribution < 1.29 is 9.47 Å². The molecule has 6 nitrogen and oxygen atoms in total. The molecule has 0 fully saturated rings. The predicted octanol–water partition coefficient (Wildman–Crippen LogP) is 5.12. The molecule has 1 aromatic carbocycles. The Labute approximate surface area is 183 Å². The lowest BCUT2D eigenvalue weighted by molar-refractivity contribution is 0.122.